The molecule has 0 amide bonds. The van der Waals surface area contributed by atoms with Gasteiger partial charge in [-0.05, 0) is 91.8 Å². The van der Waals surface area contributed by atoms with Crippen molar-refractivity contribution >= 4 is 68.6 Å². The smallest absolute Gasteiger partial charge is 0.197 e. The Labute approximate surface area is 330 Å². The first-order valence-electron chi connectivity index (χ1n) is 19.9. The van der Waals surface area contributed by atoms with E-state index in [2.05, 4.69) is 199 Å². The number of anilines is 5. The summed E-state index contributed by atoms with van der Waals surface area (Å²) in [6.45, 7) is 16.3. The van der Waals surface area contributed by atoms with E-state index in [1.165, 1.54) is 72.5 Å². The molecule has 3 aliphatic rings. The van der Waals surface area contributed by atoms with Crippen molar-refractivity contribution in [3.05, 3.63) is 161 Å². The minimum Gasteiger partial charge on any atom is -0.456 e. The van der Waals surface area contributed by atoms with E-state index < -0.39 is 0 Å². The predicted octanol–water partition coefficient (Wildman–Crippen LogP) is 12.7. The Morgan fingerprint density at radius 1 is 0.607 bits per heavy atom. The minimum absolute atomic E-state index is 0.0718. The van der Waals surface area contributed by atoms with Crippen LogP contribution in [0, 0.1) is 0 Å². The number of hydrogen-bond donors (Lipinski definition) is 1. The van der Waals surface area contributed by atoms with Gasteiger partial charge in [-0.3, -0.25) is 0 Å². The third kappa shape index (κ3) is 4.47. The molecule has 8 aromatic rings. The van der Waals surface area contributed by atoms with Crippen LogP contribution in [0.3, 0.4) is 0 Å². The summed E-state index contributed by atoms with van der Waals surface area (Å²) in [4.78, 5) is 2.57. The Morgan fingerprint density at radius 2 is 1.32 bits per heavy atom. The van der Waals surface area contributed by atoms with Gasteiger partial charge in [-0.1, -0.05) is 151 Å². The van der Waals surface area contributed by atoms with Crippen LogP contribution in [-0.2, 0) is 16.2 Å². The van der Waals surface area contributed by atoms with Gasteiger partial charge in [0.15, 0.2) is 7.28 Å². The van der Waals surface area contributed by atoms with Crippen LogP contribution >= 0.6 is 0 Å². The molecule has 1 radical (unpaired) electrons. The Balaban J connectivity index is 1.26. The second-order valence-corrected chi connectivity index (χ2v) is 18.1. The van der Waals surface area contributed by atoms with Gasteiger partial charge in [0, 0.05) is 38.8 Å². The molecule has 0 bridgehead atoms. The lowest BCUT2D eigenvalue weighted by Crippen LogP contribution is -2.45. The van der Waals surface area contributed by atoms with Crippen molar-refractivity contribution in [2.75, 3.05) is 10.2 Å². The van der Waals surface area contributed by atoms with Crippen LogP contribution in [-0.4, -0.2) is 7.28 Å². The normalized spacial score (nSPS) is 15.4. The molecule has 56 heavy (non-hydrogen) atoms. The van der Waals surface area contributed by atoms with Gasteiger partial charge in [0.05, 0.1) is 16.8 Å². The summed E-state index contributed by atoms with van der Waals surface area (Å²) in [5, 5.41) is 6.23. The van der Waals surface area contributed by atoms with Crippen molar-refractivity contribution < 1.29 is 4.42 Å². The molecule has 0 saturated heterocycles. The standard InChI is InChI=1S/C52H44BN2O/c1-50(2,3)30-23-25-31(26-24-30)54-40-28-27-33-32-15-8-10-17-36(32)52(6,7)46(33)44(40)35-29-43-45(34-16-9-13-22-42(34)56-43)49-47(35)53-39-20-14-19-38-48(39)55(49)41-21-12-11-18-37(41)51(38,4)5/h8-29,54H,1-7H3. The monoisotopic (exact) mass is 723 g/mol. The Hall–Kier alpha value is -6.00. The number of nitrogens with zero attached hydrogens (tertiary/aromatic N) is 1. The van der Waals surface area contributed by atoms with E-state index in [0.29, 0.717) is 0 Å². The summed E-state index contributed by atoms with van der Waals surface area (Å²) in [7, 11) is 2.46. The first-order valence-corrected chi connectivity index (χ1v) is 19.9. The summed E-state index contributed by atoms with van der Waals surface area (Å²) in [5.74, 6) is 0. The molecule has 2 aliphatic heterocycles. The van der Waals surface area contributed by atoms with Crippen molar-refractivity contribution in [2.45, 2.75) is 64.7 Å². The molecule has 1 aromatic heterocycles. The molecule has 0 atom stereocenters. The maximum Gasteiger partial charge on any atom is 0.197 e. The zero-order chi connectivity index (χ0) is 38.3. The number of nitrogens with one attached hydrogen (secondary N) is 1. The highest BCUT2D eigenvalue weighted by Gasteiger charge is 2.44. The molecule has 4 heteroatoms. The number of hydrogen-bond acceptors (Lipinski definition) is 3. The first kappa shape index (κ1) is 33.4. The fraction of sp³-hybridized carbons (Fsp3) is 0.192. The third-order valence-electron chi connectivity index (χ3n) is 13.0. The average molecular weight is 724 g/mol. The number of para-hydroxylation sites is 3. The lowest BCUT2D eigenvalue weighted by atomic mass is 9.55. The van der Waals surface area contributed by atoms with Crippen molar-refractivity contribution in [3.8, 4) is 22.3 Å². The van der Waals surface area contributed by atoms with Crippen molar-refractivity contribution in [1.82, 2.24) is 0 Å². The van der Waals surface area contributed by atoms with Crippen molar-refractivity contribution in [2.24, 2.45) is 0 Å². The largest absolute Gasteiger partial charge is 0.456 e. The Bertz CT molecular complexity index is 2960. The van der Waals surface area contributed by atoms with E-state index in [-0.39, 0.29) is 16.2 Å². The fourth-order valence-corrected chi connectivity index (χ4v) is 10.2. The molecule has 271 valence electrons. The van der Waals surface area contributed by atoms with Gasteiger partial charge >= 0.3 is 0 Å². The van der Waals surface area contributed by atoms with Gasteiger partial charge in [-0.2, -0.15) is 0 Å². The van der Waals surface area contributed by atoms with E-state index in [0.717, 1.165) is 38.9 Å². The highest BCUT2D eigenvalue weighted by Crippen LogP contribution is 2.57. The van der Waals surface area contributed by atoms with Gasteiger partial charge in [0.2, 0.25) is 0 Å². The van der Waals surface area contributed by atoms with Crippen LogP contribution in [0.25, 0.3) is 44.2 Å². The molecule has 11 rings (SSSR count). The number of fused-ring (bicyclic) bond motifs is 11. The van der Waals surface area contributed by atoms with E-state index in [9.17, 15) is 0 Å². The Morgan fingerprint density at radius 3 is 2.12 bits per heavy atom. The van der Waals surface area contributed by atoms with E-state index in [1.54, 1.807) is 0 Å². The highest BCUT2D eigenvalue weighted by molar-refractivity contribution is 6.74. The Kier molecular flexibility index (Phi) is 6.73. The van der Waals surface area contributed by atoms with Crippen LogP contribution in [0.4, 0.5) is 28.4 Å². The quantitative estimate of drug-likeness (QED) is 0.184. The van der Waals surface area contributed by atoms with Crippen LogP contribution < -0.4 is 21.1 Å². The molecule has 0 saturated carbocycles. The molecular formula is C52H44BN2O. The molecule has 3 nitrogen and oxygen atoms in total. The lowest BCUT2D eigenvalue weighted by Gasteiger charge is -2.46. The minimum atomic E-state index is -0.258. The van der Waals surface area contributed by atoms with E-state index >= 15 is 0 Å². The molecule has 0 spiro atoms. The molecule has 7 aromatic carbocycles. The second-order valence-electron chi connectivity index (χ2n) is 18.1. The van der Waals surface area contributed by atoms with Crippen LogP contribution in [0.5, 0.6) is 0 Å². The van der Waals surface area contributed by atoms with Gasteiger partial charge in [-0.15, -0.1) is 0 Å². The van der Waals surface area contributed by atoms with Gasteiger partial charge < -0.3 is 14.6 Å². The summed E-state index contributed by atoms with van der Waals surface area (Å²) in [5.41, 5.74) is 21.3. The molecule has 1 aliphatic carbocycles. The second kappa shape index (κ2) is 11.3. The molecule has 0 unspecified atom stereocenters. The maximum absolute atomic E-state index is 6.91. The van der Waals surface area contributed by atoms with Crippen molar-refractivity contribution in [1.29, 1.82) is 0 Å². The summed E-state index contributed by atoms with van der Waals surface area (Å²) in [6, 6.07) is 49.3. The molecule has 3 heterocycles. The predicted molar refractivity (Wildman–Crippen MR) is 237 cm³/mol. The van der Waals surface area contributed by atoms with Gasteiger partial charge in [0.25, 0.3) is 0 Å². The number of furan rings is 1. The molecule has 0 fully saturated rings. The first-order chi connectivity index (χ1) is 26.9. The van der Waals surface area contributed by atoms with Gasteiger partial charge in [0.1, 0.15) is 11.2 Å². The molecule has 1 N–H and O–H groups in total. The third-order valence-corrected chi connectivity index (χ3v) is 13.0. The SMILES string of the molecule is CC(C)(C)c1ccc(Nc2ccc3c(c2-c2cc4oc5ccccc5c4c4c2[B]c2cccc5c2N4c2ccccc2C5(C)C)C(C)(C)c2ccccc2-3)cc1. The maximum atomic E-state index is 6.91. The zero-order valence-electron chi connectivity index (χ0n) is 33.1. The van der Waals surface area contributed by atoms with Crippen LogP contribution in [0.15, 0.2) is 138 Å². The summed E-state index contributed by atoms with van der Waals surface area (Å²) >= 11 is 0. The van der Waals surface area contributed by atoms with E-state index in [1.807, 2.05) is 0 Å². The lowest BCUT2D eigenvalue weighted by molar-refractivity contribution is 0.590. The van der Waals surface area contributed by atoms with Crippen LogP contribution in [0.2, 0.25) is 0 Å². The summed E-state index contributed by atoms with van der Waals surface area (Å²) in [6.07, 6.45) is 0. The summed E-state index contributed by atoms with van der Waals surface area (Å²) < 4.78 is 6.91. The fourth-order valence-electron chi connectivity index (χ4n) is 10.2. The molecular weight excluding hydrogens is 679 g/mol. The van der Waals surface area contributed by atoms with E-state index in [4.69, 9.17) is 4.42 Å². The number of rotatable bonds is 3. The zero-order valence-corrected chi connectivity index (χ0v) is 33.1. The topological polar surface area (TPSA) is 28.4 Å². The van der Waals surface area contributed by atoms with Gasteiger partial charge in [-0.25, -0.2) is 0 Å². The van der Waals surface area contributed by atoms with Crippen LogP contribution in [0.1, 0.15) is 76.3 Å². The average Bonchev–Trinajstić information content (AvgIpc) is 3.68. The number of benzene rings is 7. The highest BCUT2D eigenvalue weighted by atomic mass is 16.3. The van der Waals surface area contributed by atoms with Crippen molar-refractivity contribution in [3.63, 3.8) is 0 Å².